The van der Waals surface area contributed by atoms with Crippen molar-refractivity contribution in [3.63, 3.8) is 0 Å². The average Bonchev–Trinajstić information content (AvgIpc) is 3.28. The number of likely N-dealkylation sites (tertiary alicyclic amines) is 1. The quantitative estimate of drug-likeness (QED) is 0.373. The van der Waals surface area contributed by atoms with Crippen LogP contribution in [0.4, 0.5) is 11.5 Å². The summed E-state index contributed by atoms with van der Waals surface area (Å²) in [4.78, 5) is 22.5. The summed E-state index contributed by atoms with van der Waals surface area (Å²) in [6.07, 6.45) is 3.15. The number of aromatic nitrogens is 3. The van der Waals surface area contributed by atoms with Gasteiger partial charge < -0.3 is 14.9 Å². The number of benzene rings is 1. The van der Waals surface area contributed by atoms with Crippen molar-refractivity contribution < 1.29 is 18.3 Å². The number of rotatable bonds is 6. The molecule has 12 nitrogen and oxygen atoms in total. The molecule has 3 fully saturated rings. The number of sulfonamides is 1. The van der Waals surface area contributed by atoms with Crippen molar-refractivity contribution in [2.24, 2.45) is 5.84 Å². The molecule has 0 bridgehead atoms. The van der Waals surface area contributed by atoms with Crippen molar-refractivity contribution in [2.45, 2.75) is 37.3 Å². The maximum atomic E-state index is 13.9. The number of hydrogen-bond donors (Lipinski definition) is 3. The first-order valence-electron chi connectivity index (χ1n) is 13.0. The van der Waals surface area contributed by atoms with Gasteiger partial charge in [-0.15, -0.1) is 0 Å². The highest BCUT2D eigenvalue weighted by atomic mass is 35.5. The Morgan fingerprint density at radius 1 is 1.15 bits per heavy atom. The summed E-state index contributed by atoms with van der Waals surface area (Å²) >= 11 is 6.22. The number of nitrogens with zero attached hydrogens (tertiary/aromatic N) is 6. The van der Waals surface area contributed by atoms with E-state index in [0.717, 1.165) is 36.3 Å². The second-order valence-electron chi connectivity index (χ2n) is 10.7. The first-order chi connectivity index (χ1) is 18.6. The van der Waals surface area contributed by atoms with Crippen LogP contribution in [0.15, 0.2) is 30.3 Å². The number of anilines is 2. The number of hydrazine groups is 1. The van der Waals surface area contributed by atoms with Gasteiger partial charge in [-0.2, -0.15) is 5.10 Å². The lowest BCUT2D eigenvalue weighted by Gasteiger charge is -2.39. The molecule has 0 unspecified atom stereocenters. The monoisotopic (exact) mass is 574 g/mol. The fraction of sp³-hybridized carbons (Fsp3) is 0.480. The van der Waals surface area contributed by atoms with Gasteiger partial charge in [-0.1, -0.05) is 11.6 Å². The van der Waals surface area contributed by atoms with Crippen LogP contribution in [0.25, 0.3) is 5.65 Å². The first kappa shape index (κ1) is 26.3. The summed E-state index contributed by atoms with van der Waals surface area (Å²) in [6.45, 7) is 2.98. The number of piperidine rings is 1. The maximum absolute atomic E-state index is 13.9. The summed E-state index contributed by atoms with van der Waals surface area (Å²) < 4.78 is 28.2. The Hall–Kier alpha value is -2.97. The molecule has 1 aromatic carbocycles. The second kappa shape index (κ2) is 9.89. The molecule has 6 rings (SSSR count). The number of aliphatic hydroxyl groups is 1. The summed E-state index contributed by atoms with van der Waals surface area (Å²) in [5, 5.41) is 16.9. The number of carbonyl (C=O) groups is 1. The Labute approximate surface area is 231 Å². The minimum Gasteiger partial charge on any atom is -0.389 e. The van der Waals surface area contributed by atoms with E-state index in [0.29, 0.717) is 49.8 Å². The van der Waals surface area contributed by atoms with Gasteiger partial charge in [0.15, 0.2) is 5.65 Å². The van der Waals surface area contributed by atoms with Crippen molar-refractivity contribution in [3.8, 4) is 0 Å². The molecular weight excluding hydrogens is 544 g/mol. The minimum atomic E-state index is -3.61. The van der Waals surface area contributed by atoms with E-state index in [-0.39, 0.29) is 35.2 Å². The van der Waals surface area contributed by atoms with Gasteiger partial charge in [-0.05, 0) is 37.5 Å². The topological polar surface area (TPSA) is 149 Å². The first-order valence-corrected chi connectivity index (χ1v) is 15.2. The molecule has 1 atom stereocenters. The Kier molecular flexibility index (Phi) is 6.66. The summed E-state index contributed by atoms with van der Waals surface area (Å²) in [5.41, 5.74) is 2.77. The van der Waals surface area contributed by atoms with Gasteiger partial charge in [0.25, 0.3) is 5.91 Å². The summed E-state index contributed by atoms with van der Waals surface area (Å²) in [7, 11) is -3.61. The zero-order chi connectivity index (χ0) is 27.5. The van der Waals surface area contributed by atoms with Gasteiger partial charge in [-0.3, -0.25) is 15.4 Å². The normalized spacial score (nSPS) is 21.2. The molecule has 0 aliphatic carbocycles. The van der Waals surface area contributed by atoms with Gasteiger partial charge in [0, 0.05) is 55.8 Å². The maximum Gasteiger partial charge on any atom is 0.256 e. The second-order valence-corrected chi connectivity index (χ2v) is 12.8. The molecule has 5 heterocycles. The number of amides is 1. The number of halogens is 1. The van der Waals surface area contributed by atoms with Crippen LogP contribution in [0, 0.1) is 0 Å². The van der Waals surface area contributed by atoms with Gasteiger partial charge in [0.05, 0.1) is 41.0 Å². The lowest BCUT2D eigenvalue weighted by Crippen LogP contribution is -2.52. The number of nitrogens with two attached hydrogens (primary N) is 1. The molecule has 1 amide bonds. The third-order valence-corrected chi connectivity index (χ3v) is 8.41. The van der Waals surface area contributed by atoms with Crippen molar-refractivity contribution in [1.29, 1.82) is 0 Å². The van der Waals surface area contributed by atoms with Gasteiger partial charge in [-0.25, -0.2) is 22.9 Å². The van der Waals surface area contributed by atoms with E-state index < -0.39 is 10.0 Å². The van der Waals surface area contributed by atoms with Crippen molar-refractivity contribution in [2.75, 3.05) is 48.6 Å². The summed E-state index contributed by atoms with van der Waals surface area (Å²) in [6, 6.07) is 8.18. The van der Waals surface area contributed by atoms with Crippen LogP contribution in [0.3, 0.4) is 0 Å². The van der Waals surface area contributed by atoms with Crippen LogP contribution in [0.2, 0.25) is 5.02 Å². The fourth-order valence-electron chi connectivity index (χ4n) is 5.58. The molecule has 14 heteroatoms. The van der Waals surface area contributed by atoms with Crippen LogP contribution in [-0.4, -0.2) is 89.0 Å². The van der Waals surface area contributed by atoms with Crippen LogP contribution in [-0.2, 0) is 10.0 Å². The van der Waals surface area contributed by atoms with Crippen LogP contribution >= 0.6 is 11.6 Å². The highest BCUT2D eigenvalue weighted by Gasteiger charge is 2.35. The number of aliphatic hydroxyl groups excluding tert-OH is 1. The molecule has 3 aliphatic rings. The van der Waals surface area contributed by atoms with E-state index in [1.165, 1.54) is 12.1 Å². The van der Waals surface area contributed by atoms with Crippen molar-refractivity contribution in [3.05, 3.63) is 52.3 Å². The number of carbonyl (C=O) groups excluding carboxylic acids is 1. The van der Waals surface area contributed by atoms with Crippen molar-refractivity contribution in [1.82, 2.24) is 24.5 Å². The van der Waals surface area contributed by atoms with E-state index in [9.17, 15) is 18.3 Å². The van der Waals surface area contributed by atoms with Crippen LogP contribution in [0.5, 0.6) is 0 Å². The Bertz CT molecular complexity index is 1530. The lowest BCUT2D eigenvalue weighted by molar-refractivity contribution is 0.0606. The third kappa shape index (κ3) is 5.16. The van der Waals surface area contributed by atoms with Gasteiger partial charge in [0.1, 0.15) is 5.82 Å². The molecule has 3 aliphatic heterocycles. The number of β-amino-alcohol motifs (C(OH)–C–C–N with tert-alkyl or cyclic N) is 1. The highest BCUT2D eigenvalue weighted by Crippen LogP contribution is 2.36. The highest BCUT2D eigenvalue weighted by molar-refractivity contribution is 7.92. The third-order valence-electron chi connectivity index (χ3n) is 7.59. The van der Waals surface area contributed by atoms with E-state index in [1.54, 1.807) is 16.0 Å². The molecule has 0 saturated carbocycles. The molecule has 208 valence electrons. The fourth-order valence-corrected chi connectivity index (χ4v) is 6.33. The van der Waals surface area contributed by atoms with Gasteiger partial charge >= 0.3 is 0 Å². The van der Waals surface area contributed by atoms with Crippen LogP contribution < -0.4 is 15.5 Å². The molecule has 2 aromatic heterocycles. The lowest BCUT2D eigenvalue weighted by atomic mass is 9.97. The average molecular weight is 575 g/mol. The Morgan fingerprint density at radius 3 is 2.62 bits per heavy atom. The molecule has 0 spiro atoms. The van der Waals surface area contributed by atoms with E-state index in [4.69, 9.17) is 27.5 Å². The molecule has 39 heavy (non-hydrogen) atoms. The zero-order valence-electron chi connectivity index (χ0n) is 21.5. The standard InChI is InChI=1S/C25H31ClN8O4S/c1-39(37,38)30-19-6-5-16(26)8-18(19)25(36)33-7-3-2-4-21(33)20-9-24-28-23(31-13-17(35)14-31)10-22(34(24)29-20)15-11-32(27)12-15/h5-6,8-10,15,17,21,30,35H,2-4,7,11-14,27H2,1H3/t21-/m0/s1. The molecule has 3 aromatic rings. The smallest absolute Gasteiger partial charge is 0.256 e. The van der Waals surface area contributed by atoms with E-state index >= 15 is 0 Å². The minimum absolute atomic E-state index is 0.188. The summed E-state index contributed by atoms with van der Waals surface area (Å²) in [5.74, 6) is 6.61. The van der Waals surface area contributed by atoms with Crippen molar-refractivity contribution >= 4 is 44.7 Å². The largest absolute Gasteiger partial charge is 0.389 e. The predicted octanol–water partition coefficient (Wildman–Crippen LogP) is 1.58. The Morgan fingerprint density at radius 2 is 1.92 bits per heavy atom. The predicted molar refractivity (Wildman–Crippen MR) is 147 cm³/mol. The molecule has 0 radical (unpaired) electrons. The zero-order valence-corrected chi connectivity index (χ0v) is 23.1. The van der Waals surface area contributed by atoms with E-state index in [2.05, 4.69) is 4.72 Å². The number of nitrogens with one attached hydrogen (secondary N) is 1. The number of hydrogen-bond acceptors (Lipinski definition) is 9. The molecular formula is C25H31ClN8O4S. The van der Waals surface area contributed by atoms with Gasteiger partial charge in [0.2, 0.25) is 10.0 Å². The van der Waals surface area contributed by atoms with E-state index in [1.807, 2.05) is 21.5 Å². The molecule has 3 saturated heterocycles. The SMILES string of the molecule is CS(=O)(=O)Nc1ccc(Cl)cc1C(=O)N1CCCC[C@H]1c1cc2nc(N3CC(O)C3)cc(C3CN(N)C3)n2n1. The van der Waals surface area contributed by atoms with Crippen LogP contribution in [0.1, 0.15) is 53.0 Å². The number of fused-ring (bicyclic) bond motifs is 1. The Balaban J connectivity index is 1.37. The molecule has 4 N–H and O–H groups in total.